The summed E-state index contributed by atoms with van der Waals surface area (Å²) in [6.45, 7) is 2.67. The zero-order valence-corrected chi connectivity index (χ0v) is 16.6. The molecule has 30 heavy (non-hydrogen) atoms. The Morgan fingerprint density at radius 2 is 1.63 bits per heavy atom. The van der Waals surface area contributed by atoms with Gasteiger partial charge < -0.3 is 4.98 Å². The van der Waals surface area contributed by atoms with Crippen molar-refractivity contribution >= 4 is 16.7 Å². The predicted octanol–water partition coefficient (Wildman–Crippen LogP) is 3.26. The Labute approximate surface area is 171 Å². The molecule has 3 aromatic heterocycles. The molecular weight excluding hydrogens is 378 g/mol. The van der Waals surface area contributed by atoms with E-state index >= 15 is 0 Å². The number of imidazole rings is 1. The van der Waals surface area contributed by atoms with Crippen molar-refractivity contribution in [1.82, 2.24) is 23.7 Å². The van der Waals surface area contributed by atoms with Gasteiger partial charge in [-0.25, -0.2) is 9.31 Å². The molecule has 0 bridgehead atoms. The summed E-state index contributed by atoms with van der Waals surface area (Å²) in [6.07, 6.45) is 2.54. The lowest BCUT2D eigenvalue weighted by Gasteiger charge is -2.11. The second kappa shape index (κ2) is 7.18. The minimum atomic E-state index is -0.331. The van der Waals surface area contributed by atoms with E-state index in [1.54, 1.807) is 9.08 Å². The summed E-state index contributed by atoms with van der Waals surface area (Å²) < 4.78 is 4.56. The molecule has 150 valence electrons. The van der Waals surface area contributed by atoms with Crippen molar-refractivity contribution in [2.45, 2.75) is 26.4 Å². The van der Waals surface area contributed by atoms with Crippen molar-refractivity contribution in [1.29, 1.82) is 0 Å². The van der Waals surface area contributed by atoms with Gasteiger partial charge in [0.15, 0.2) is 5.65 Å². The number of nitrogens with zero attached hydrogens (tertiary/aromatic N) is 4. The molecule has 0 amide bonds. The molecule has 7 nitrogen and oxygen atoms in total. The molecule has 3 heterocycles. The third-order valence-corrected chi connectivity index (χ3v) is 5.29. The fourth-order valence-corrected chi connectivity index (χ4v) is 3.86. The molecule has 0 spiro atoms. The molecule has 0 aliphatic carbocycles. The fraction of sp³-hybridized carbons (Fsp3) is 0.174. The van der Waals surface area contributed by atoms with E-state index in [0.29, 0.717) is 36.2 Å². The van der Waals surface area contributed by atoms with Crippen LogP contribution in [-0.2, 0) is 13.1 Å². The van der Waals surface area contributed by atoms with Gasteiger partial charge in [-0.1, -0.05) is 67.6 Å². The summed E-state index contributed by atoms with van der Waals surface area (Å²) >= 11 is 0. The van der Waals surface area contributed by atoms with E-state index in [0.717, 1.165) is 16.8 Å². The Kier molecular flexibility index (Phi) is 4.35. The Balaban J connectivity index is 1.79. The lowest BCUT2D eigenvalue weighted by atomic mass is 10.2. The molecule has 0 fully saturated rings. The highest BCUT2D eigenvalue weighted by Crippen LogP contribution is 2.22. The number of hydrogen-bond donors (Lipinski definition) is 1. The van der Waals surface area contributed by atoms with E-state index in [2.05, 4.69) is 10.1 Å². The Morgan fingerprint density at radius 3 is 2.33 bits per heavy atom. The van der Waals surface area contributed by atoms with E-state index < -0.39 is 0 Å². The molecule has 0 saturated carbocycles. The Bertz CT molecular complexity index is 1460. The predicted molar refractivity (Wildman–Crippen MR) is 117 cm³/mol. The molecule has 0 aliphatic heterocycles. The average Bonchev–Trinajstić information content (AvgIpc) is 3.34. The SMILES string of the molecule is CCCn1c(=O)c2c(nn3cc(-c4ccccc4)[nH]c23)n(Cc2ccccc2)c1=O. The van der Waals surface area contributed by atoms with Crippen molar-refractivity contribution < 1.29 is 0 Å². The second-order valence-electron chi connectivity index (χ2n) is 7.34. The van der Waals surface area contributed by atoms with Crippen LogP contribution in [0.5, 0.6) is 0 Å². The van der Waals surface area contributed by atoms with Crippen LogP contribution in [0.4, 0.5) is 0 Å². The van der Waals surface area contributed by atoms with Gasteiger partial charge in [0.25, 0.3) is 5.56 Å². The van der Waals surface area contributed by atoms with Crippen LogP contribution in [0.2, 0.25) is 0 Å². The van der Waals surface area contributed by atoms with Gasteiger partial charge in [-0.15, -0.1) is 5.10 Å². The molecule has 7 heteroatoms. The van der Waals surface area contributed by atoms with Gasteiger partial charge in [-0.2, -0.15) is 0 Å². The number of fused-ring (bicyclic) bond motifs is 3. The van der Waals surface area contributed by atoms with Crippen molar-refractivity contribution in [3.05, 3.63) is 93.3 Å². The van der Waals surface area contributed by atoms with Gasteiger partial charge in [0.2, 0.25) is 0 Å². The van der Waals surface area contributed by atoms with Crippen LogP contribution in [0.3, 0.4) is 0 Å². The van der Waals surface area contributed by atoms with Crippen molar-refractivity contribution in [3.8, 4) is 11.3 Å². The molecule has 0 unspecified atom stereocenters. The number of aromatic amines is 1. The smallest absolute Gasteiger partial charge is 0.333 e. The zero-order valence-electron chi connectivity index (χ0n) is 16.6. The van der Waals surface area contributed by atoms with Crippen LogP contribution in [0.1, 0.15) is 18.9 Å². The van der Waals surface area contributed by atoms with E-state index in [-0.39, 0.29) is 11.2 Å². The van der Waals surface area contributed by atoms with Crippen LogP contribution in [0.15, 0.2) is 76.4 Å². The van der Waals surface area contributed by atoms with E-state index in [9.17, 15) is 9.59 Å². The lowest BCUT2D eigenvalue weighted by Crippen LogP contribution is -2.40. The lowest BCUT2D eigenvalue weighted by molar-refractivity contribution is 0.579. The fourth-order valence-electron chi connectivity index (χ4n) is 3.86. The van der Waals surface area contributed by atoms with Gasteiger partial charge in [-0.05, 0) is 17.5 Å². The van der Waals surface area contributed by atoms with Crippen LogP contribution < -0.4 is 11.2 Å². The topological polar surface area (TPSA) is 77.1 Å². The summed E-state index contributed by atoms with van der Waals surface area (Å²) in [5.74, 6) is 0. The first-order chi connectivity index (χ1) is 14.7. The highest BCUT2D eigenvalue weighted by molar-refractivity contribution is 5.90. The highest BCUT2D eigenvalue weighted by Gasteiger charge is 2.20. The van der Waals surface area contributed by atoms with Crippen LogP contribution in [0, 0.1) is 0 Å². The monoisotopic (exact) mass is 399 g/mol. The molecule has 2 aromatic carbocycles. The second-order valence-corrected chi connectivity index (χ2v) is 7.34. The molecule has 0 atom stereocenters. The quantitative estimate of drug-likeness (QED) is 0.493. The molecule has 0 saturated heterocycles. The van der Waals surface area contributed by atoms with Crippen LogP contribution in [0.25, 0.3) is 27.9 Å². The van der Waals surface area contributed by atoms with Crippen LogP contribution >= 0.6 is 0 Å². The summed E-state index contributed by atoms with van der Waals surface area (Å²) in [4.78, 5) is 29.7. The van der Waals surface area contributed by atoms with Crippen LogP contribution in [-0.4, -0.2) is 23.7 Å². The summed E-state index contributed by atoms with van der Waals surface area (Å²) in [6, 6.07) is 19.6. The van der Waals surface area contributed by atoms with Gasteiger partial charge in [0, 0.05) is 6.54 Å². The number of rotatable bonds is 5. The normalized spacial score (nSPS) is 11.5. The van der Waals surface area contributed by atoms with Gasteiger partial charge in [-0.3, -0.25) is 13.9 Å². The van der Waals surface area contributed by atoms with Gasteiger partial charge in [0.05, 0.1) is 18.4 Å². The molecule has 0 aliphatic rings. The third kappa shape index (κ3) is 2.86. The first-order valence-electron chi connectivity index (χ1n) is 10.0. The molecular formula is C23H21N5O2. The van der Waals surface area contributed by atoms with Crippen molar-refractivity contribution in [2.75, 3.05) is 0 Å². The standard InChI is InChI=1S/C23H21N5O2/c1-2-13-26-22(29)19-20-24-18(17-11-7-4-8-12-17)15-28(20)25-21(19)27(23(26)30)14-16-9-5-3-6-10-16/h3-12,15,24H,2,13-14H2,1H3. The number of H-pyrrole nitrogens is 1. The molecule has 0 radical (unpaired) electrons. The van der Waals surface area contributed by atoms with Gasteiger partial charge in [0.1, 0.15) is 11.0 Å². The number of hydrogen-bond acceptors (Lipinski definition) is 3. The Morgan fingerprint density at radius 1 is 0.933 bits per heavy atom. The first-order valence-corrected chi connectivity index (χ1v) is 10.0. The largest absolute Gasteiger partial charge is 0.338 e. The summed E-state index contributed by atoms with van der Waals surface area (Å²) in [5.41, 5.74) is 3.20. The minimum absolute atomic E-state index is 0.308. The van der Waals surface area contributed by atoms with Gasteiger partial charge >= 0.3 is 5.69 Å². The first kappa shape index (κ1) is 18.2. The van der Waals surface area contributed by atoms with E-state index in [4.69, 9.17) is 0 Å². The molecule has 1 N–H and O–H groups in total. The van der Waals surface area contributed by atoms with Crippen molar-refractivity contribution in [2.24, 2.45) is 0 Å². The summed E-state index contributed by atoms with van der Waals surface area (Å²) in [5, 5.41) is 5.05. The highest BCUT2D eigenvalue weighted by atomic mass is 16.2. The summed E-state index contributed by atoms with van der Waals surface area (Å²) in [7, 11) is 0. The number of benzene rings is 2. The minimum Gasteiger partial charge on any atom is -0.338 e. The maximum absolute atomic E-state index is 13.2. The third-order valence-electron chi connectivity index (χ3n) is 5.29. The zero-order chi connectivity index (χ0) is 20.7. The van der Waals surface area contributed by atoms with Crippen molar-refractivity contribution in [3.63, 3.8) is 0 Å². The van der Waals surface area contributed by atoms with E-state index in [1.807, 2.05) is 73.8 Å². The van der Waals surface area contributed by atoms with E-state index in [1.165, 1.54) is 4.57 Å². The number of nitrogens with one attached hydrogen (secondary N) is 1. The number of aromatic nitrogens is 5. The Hall–Kier alpha value is -3.87. The average molecular weight is 399 g/mol. The maximum Gasteiger partial charge on any atom is 0.333 e. The molecule has 5 aromatic rings. The molecule has 5 rings (SSSR count). The maximum atomic E-state index is 13.2.